The number of nitrogens with one attached hydrogen (secondary N) is 2. The highest BCUT2D eigenvalue weighted by atomic mass is 15.1. The number of H-pyrrole nitrogens is 2. The van der Waals surface area contributed by atoms with E-state index in [0.29, 0.717) is 0 Å². The molecule has 2 aromatic carbocycles. The maximum Gasteiger partial charge on any atom is 0.159 e. The van der Waals surface area contributed by atoms with E-state index in [1.807, 2.05) is 60.5 Å². The summed E-state index contributed by atoms with van der Waals surface area (Å²) in [7, 11) is 0. The number of nitrogens with zero attached hydrogens (tertiary/aromatic N) is 5. The van der Waals surface area contributed by atoms with Crippen molar-refractivity contribution in [2.45, 2.75) is 6.92 Å². The van der Waals surface area contributed by atoms with Crippen molar-refractivity contribution in [3.63, 3.8) is 0 Å². The van der Waals surface area contributed by atoms with Gasteiger partial charge in [0.2, 0.25) is 0 Å². The van der Waals surface area contributed by atoms with E-state index in [2.05, 4.69) is 43.3 Å². The largest absolute Gasteiger partial charge is 0.336 e. The maximum atomic E-state index is 4.89. The summed E-state index contributed by atoms with van der Waals surface area (Å²) in [6, 6.07) is 16.3. The number of aryl methyl sites for hydroxylation is 1. The van der Waals surface area contributed by atoms with Gasteiger partial charge in [0.25, 0.3) is 0 Å². The van der Waals surface area contributed by atoms with Gasteiger partial charge in [-0.1, -0.05) is 18.2 Å². The third kappa shape index (κ3) is 2.60. The number of imidazole rings is 2. The molecule has 0 aliphatic rings. The average Bonchev–Trinajstić information content (AvgIpc) is 3.51. The molecule has 6 aromatic rings. The Bertz CT molecular complexity index is 1510. The summed E-state index contributed by atoms with van der Waals surface area (Å²) in [6.07, 6.45) is 7.44. The lowest BCUT2D eigenvalue weighted by Gasteiger charge is -2.02. The van der Waals surface area contributed by atoms with E-state index in [1.54, 1.807) is 6.20 Å². The van der Waals surface area contributed by atoms with Gasteiger partial charge < -0.3 is 9.55 Å². The van der Waals surface area contributed by atoms with Gasteiger partial charge >= 0.3 is 0 Å². The Morgan fingerprint density at radius 3 is 2.77 bits per heavy atom. The third-order valence-electron chi connectivity index (χ3n) is 5.26. The van der Waals surface area contributed by atoms with Crippen LogP contribution in [0.15, 0.2) is 73.4 Å². The van der Waals surface area contributed by atoms with Gasteiger partial charge in [-0.05, 0) is 42.8 Å². The fraction of sp³-hybridized carbons (Fsp3) is 0.0435. The number of aromatic amines is 2. The molecule has 2 N–H and O–H groups in total. The number of hydrogen-bond acceptors (Lipinski definition) is 4. The summed E-state index contributed by atoms with van der Waals surface area (Å²) in [4.78, 5) is 16.9. The molecule has 0 atom stereocenters. The van der Waals surface area contributed by atoms with E-state index in [4.69, 9.17) is 4.98 Å². The fourth-order valence-corrected chi connectivity index (χ4v) is 3.80. The molecule has 0 aliphatic carbocycles. The Morgan fingerprint density at radius 2 is 1.93 bits per heavy atom. The zero-order valence-electron chi connectivity index (χ0n) is 16.2. The van der Waals surface area contributed by atoms with E-state index >= 15 is 0 Å². The molecule has 4 heterocycles. The molecule has 0 unspecified atom stereocenters. The summed E-state index contributed by atoms with van der Waals surface area (Å²) in [5.41, 5.74) is 7.68. The Hall–Kier alpha value is -4.26. The van der Waals surface area contributed by atoms with Crippen molar-refractivity contribution in [3.8, 4) is 28.3 Å². The summed E-state index contributed by atoms with van der Waals surface area (Å²) in [5.74, 6) is 0.726. The molecule has 144 valence electrons. The fourth-order valence-electron chi connectivity index (χ4n) is 3.80. The minimum absolute atomic E-state index is 0.726. The summed E-state index contributed by atoms with van der Waals surface area (Å²) in [6.45, 7) is 1.97. The second kappa shape index (κ2) is 6.38. The number of rotatable bonds is 3. The average molecular weight is 391 g/mol. The molecule has 7 heteroatoms. The maximum absolute atomic E-state index is 4.89. The minimum atomic E-state index is 0.726. The highest BCUT2D eigenvalue weighted by Crippen LogP contribution is 2.31. The Kier molecular flexibility index (Phi) is 3.55. The Morgan fingerprint density at radius 1 is 0.967 bits per heavy atom. The first-order valence-corrected chi connectivity index (χ1v) is 9.65. The van der Waals surface area contributed by atoms with Crippen LogP contribution in [0.25, 0.3) is 50.3 Å². The van der Waals surface area contributed by atoms with Gasteiger partial charge in [-0.25, -0.2) is 9.97 Å². The van der Waals surface area contributed by atoms with Gasteiger partial charge in [0, 0.05) is 29.5 Å². The van der Waals surface area contributed by atoms with Crippen molar-refractivity contribution in [1.29, 1.82) is 0 Å². The van der Waals surface area contributed by atoms with Gasteiger partial charge in [0.1, 0.15) is 11.2 Å². The van der Waals surface area contributed by atoms with Crippen LogP contribution in [0.5, 0.6) is 0 Å². The molecule has 6 rings (SSSR count). The molecular weight excluding hydrogens is 374 g/mol. The van der Waals surface area contributed by atoms with E-state index in [0.717, 1.165) is 56.0 Å². The highest BCUT2D eigenvalue weighted by molar-refractivity contribution is 5.96. The lowest BCUT2D eigenvalue weighted by Crippen LogP contribution is -1.91. The molecule has 4 aromatic heterocycles. The van der Waals surface area contributed by atoms with E-state index in [-0.39, 0.29) is 0 Å². The van der Waals surface area contributed by atoms with E-state index < -0.39 is 0 Å². The zero-order valence-corrected chi connectivity index (χ0v) is 16.2. The van der Waals surface area contributed by atoms with Crippen molar-refractivity contribution >= 4 is 21.9 Å². The zero-order chi connectivity index (χ0) is 20.1. The van der Waals surface area contributed by atoms with Crippen LogP contribution in [-0.4, -0.2) is 34.7 Å². The van der Waals surface area contributed by atoms with Crippen molar-refractivity contribution in [2.24, 2.45) is 0 Å². The van der Waals surface area contributed by atoms with Crippen molar-refractivity contribution in [3.05, 3.63) is 79.1 Å². The van der Waals surface area contributed by atoms with Gasteiger partial charge in [0.15, 0.2) is 5.82 Å². The van der Waals surface area contributed by atoms with Crippen molar-refractivity contribution in [1.82, 2.24) is 34.7 Å². The summed E-state index contributed by atoms with van der Waals surface area (Å²) < 4.78 is 1.99. The second-order valence-electron chi connectivity index (χ2n) is 7.26. The van der Waals surface area contributed by atoms with Crippen LogP contribution in [0.3, 0.4) is 0 Å². The minimum Gasteiger partial charge on any atom is -0.336 e. The van der Waals surface area contributed by atoms with Crippen LogP contribution in [0, 0.1) is 6.92 Å². The molecule has 0 amide bonds. The van der Waals surface area contributed by atoms with Crippen LogP contribution in [-0.2, 0) is 0 Å². The van der Waals surface area contributed by atoms with E-state index in [1.165, 1.54) is 0 Å². The molecule has 0 radical (unpaired) electrons. The SMILES string of the molecule is Cc1cn(-c2cccc3[nH]c(-c4n[nH]c5ccc(-c6cccnc6)cc45)nc23)cn1. The van der Waals surface area contributed by atoms with Crippen LogP contribution >= 0.6 is 0 Å². The first-order chi connectivity index (χ1) is 14.8. The van der Waals surface area contributed by atoms with E-state index in [9.17, 15) is 0 Å². The quantitative estimate of drug-likeness (QED) is 0.459. The summed E-state index contributed by atoms with van der Waals surface area (Å²) >= 11 is 0. The van der Waals surface area contributed by atoms with Crippen LogP contribution < -0.4 is 0 Å². The van der Waals surface area contributed by atoms with Gasteiger partial charge in [-0.3, -0.25) is 10.1 Å². The lowest BCUT2D eigenvalue weighted by molar-refractivity contribution is 1.06. The number of para-hydroxylation sites is 1. The predicted molar refractivity (Wildman–Crippen MR) is 116 cm³/mol. The normalized spacial score (nSPS) is 11.5. The van der Waals surface area contributed by atoms with Crippen molar-refractivity contribution < 1.29 is 0 Å². The lowest BCUT2D eigenvalue weighted by atomic mass is 10.0. The number of hydrogen-bond donors (Lipinski definition) is 2. The number of pyridine rings is 1. The Labute approximate surface area is 171 Å². The molecule has 0 bridgehead atoms. The molecule has 0 saturated carbocycles. The molecule has 0 spiro atoms. The number of fused-ring (bicyclic) bond motifs is 2. The van der Waals surface area contributed by atoms with Gasteiger partial charge in [-0.2, -0.15) is 5.10 Å². The molecule has 0 fully saturated rings. The molecule has 7 nitrogen and oxygen atoms in total. The summed E-state index contributed by atoms with van der Waals surface area (Å²) in [5, 5.41) is 8.68. The Balaban J connectivity index is 1.52. The second-order valence-corrected chi connectivity index (χ2v) is 7.26. The molecule has 0 aliphatic heterocycles. The van der Waals surface area contributed by atoms with Crippen molar-refractivity contribution in [2.75, 3.05) is 0 Å². The van der Waals surface area contributed by atoms with Gasteiger partial charge in [0.05, 0.1) is 28.7 Å². The molecule has 30 heavy (non-hydrogen) atoms. The topological polar surface area (TPSA) is 88.1 Å². The first-order valence-electron chi connectivity index (χ1n) is 9.65. The van der Waals surface area contributed by atoms with Crippen LogP contribution in [0.4, 0.5) is 0 Å². The molecular formula is C23H17N7. The number of aromatic nitrogens is 7. The molecule has 0 saturated heterocycles. The number of benzene rings is 2. The van der Waals surface area contributed by atoms with Gasteiger partial charge in [-0.15, -0.1) is 0 Å². The standard InChI is InChI=1S/C23H17N7/c1-14-12-30(13-25-14)20-6-2-5-19-22(20)27-23(26-19)21-17-10-15(7-8-18(17)28-29-21)16-4-3-9-24-11-16/h2-13H,1H3,(H,26,27)(H,28,29). The monoisotopic (exact) mass is 391 g/mol. The third-order valence-corrected chi connectivity index (χ3v) is 5.26. The highest BCUT2D eigenvalue weighted by Gasteiger charge is 2.15. The smallest absolute Gasteiger partial charge is 0.159 e. The first kappa shape index (κ1) is 16.7. The predicted octanol–water partition coefficient (Wildman–Crippen LogP) is 4.66. The van der Waals surface area contributed by atoms with Crippen LogP contribution in [0.1, 0.15) is 5.69 Å². The van der Waals surface area contributed by atoms with Crippen LogP contribution in [0.2, 0.25) is 0 Å².